The van der Waals surface area contributed by atoms with Gasteiger partial charge in [0.05, 0.1) is 0 Å². The first kappa shape index (κ1) is 10.6. The van der Waals surface area contributed by atoms with Crippen LogP contribution in [0.15, 0.2) is 40.3 Å². The van der Waals surface area contributed by atoms with Gasteiger partial charge in [0.2, 0.25) is 0 Å². The van der Waals surface area contributed by atoms with E-state index in [1.165, 1.54) is 5.56 Å². The van der Waals surface area contributed by atoms with Gasteiger partial charge in [0.15, 0.2) is 5.13 Å². The number of rotatable bonds is 3. The molecule has 1 aromatic heterocycles. The topological polar surface area (TPSA) is 16.1 Å². The van der Waals surface area contributed by atoms with E-state index in [0.29, 0.717) is 0 Å². The van der Waals surface area contributed by atoms with Crippen molar-refractivity contribution < 1.29 is 0 Å². The van der Waals surface area contributed by atoms with Crippen LogP contribution < -0.4 is 4.90 Å². The molecule has 2 rings (SSSR count). The minimum absolute atomic E-state index is 0.890. The number of nitrogens with zero attached hydrogens (tertiary/aromatic N) is 2. The number of aromatic nitrogens is 1. The summed E-state index contributed by atoms with van der Waals surface area (Å²) < 4.78 is 0.905. The summed E-state index contributed by atoms with van der Waals surface area (Å²) >= 11 is 5.00. The molecule has 0 amide bonds. The maximum Gasteiger partial charge on any atom is 0.186 e. The molecule has 2 aromatic rings. The number of anilines is 1. The zero-order valence-electron chi connectivity index (χ0n) is 8.35. The van der Waals surface area contributed by atoms with Crippen molar-refractivity contribution in [2.24, 2.45) is 0 Å². The Morgan fingerprint density at radius 2 is 2.07 bits per heavy atom. The van der Waals surface area contributed by atoms with Gasteiger partial charge in [0.1, 0.15) is 4.60 Å². The molecule has 0 bridgehead atoms. The smallest absolute Gasteiger partial charge is 0.186 e. The van der Waals surface area contributed by atoms with Gasteiger partial charge >= 0.3 is 0 Å². The fraction of sp³-hybridized carbons (Fsp3) is 0.182. The van der Waals surface area contributed by atoms with E-state index in [-0.39, 0.29) is 0 Å². The Hall–Kier alpha value is -0.870. The van der Waals surface area contributed by atoms with Crippen LogP contribution in [0.4, 0.5) is 5.13 Å². The molecule has 0 radical (unpaired) electrons. The van der Waals surface area contributed by atoms with Gasteiger partial charge in [-0.25, -0.2) is 4.98 Å². The molecule has 1 aromatic carbocycles. The first-order chi connectivity index (χ1) is 7.25. The molecule has 0 aliphatic heterocycles. The van der Waals surface area contributed by atoms with Gasteiger partial charge in [-0.05, 0) is 21.5 Å². The van der Waals surface area contributed by atoms with Crippen LogP contribution in [-0.4, -0.2) is 12.0 Å². The molecule has 15 heavy (non-hydrogen) atoms. The Morgan fingerprint density at radius 1 is 1.33 bits per heavy atom. The van der Waals surface area contributed by atoms with Crippen molar-refractivity contribution in [2.75, 3.05) is 11.9 Å². The van der Waals surface area contributed by atoms with E-state index in [2.05, 4.69) is 57.1 Å². The fourth-order valence-electron chi connectivity index (χ4n) is 1.35. The third-order valence-corrected chi connectivity index (χ3v) is 3.72. The molecule has 4 heteroatoms. The van der Waals surface area contributed by atoms with Gasteiger partial charge in [0.25, 0.3) is 0 Å². The highest BCUT2D eigenvalue weighted by Crippen LogP contribution is 2.23. The molecule has 0 saturated heterocycles. The molecule has 2 nitrogen and oxygen atoms in total. The third kappa shape index (κ3) is 2.79. The SMILES string of the molecule is CN(Cc1ccccc1)c1nc(Br)cs1. The van der Waals surface area contributed by atoms with Gasteiger partial charge < -0.3 is 4.90 Å². The van der Waals surface area contributed by atoms with E-state index in [4.69, 9.17) is 0 Å². The molecule has 1 heterocycles. The standard InChI is InChI=1S/C11H11BrN2S/c1-14(11-13-10(12)8-15-11)7-9-5-3-2-4-6-9/h2-6,8H,7H2,1H3. The summed E-state index contributed by atoms with van der Waals surface area (Å²) in [6, 6.07) is 10.4. The predicted octanol–water partition coefficient (Wildman–Crippen LogP) is 3.54. The largest absolute Gasteiger partial charge is 0.347 e. The highest BCUT2D eigenvalue weighted by molar-refractivity contribution is 9.10. The molecule has 0 aliphatic carbocycles. The van der Waals surface area contributed by atoms with Crippen LogP contribution in [0.3, 0.4) is 0 Å². The second-order valence-electron chi connectivity index (χ2n) is 3.29. The maximum absolute atomic E-state index is 4.37. The quantitative estimate of drug-likeness (QED) is 0.856. The molecular weight excluding hydrogens is 272 g/mol. The van der Waals surface area contributed by atoms with Gasteiger partial charge in [-0.3, -0.25) is 0 Å². The Labute approximate surface area is 102 Å². The summed E-state index contributed by atoms with van der Waals surface area (Å²) in [4.78, 5) is 6.51. The average Bonchev–Trinajstić information content (AvgIpc) is 2.66. The fourth-order valence-corrected chi connectivity index (χ4v) is 2.56. The van der Waals surface area contributed by atoms with Gasteiger partial charge in [-0.1, -0.05) is 30.3 Å². The first-order valence-electron chi connectivity index (χ1n) is 4.62. The second-order valence-corrected chi connectivity index (χ2v) is 4.94. The highest BCUT2D eigenvalue weighted by atomic mass is 79.9. The van der Waals surface area contributed by atoms with E-state index in [1.807, 2.05) is 11.4 Å². The Morgan fingerprint density at radius 3 is 2.67 bits per heavy atom. The monoisotopic (exact) mass is 282 g/mol. The van der Waals surface area contributed by atoms with E-state index in [9.17, 15) is 0 Å². The van der Waals surface area contributed by atoms with Crippen molar-refractivity contribution in [1.82, 2.24) is 4.98 Å². The summed E-state index contributed by atoms with van der Waals surface area (Å²) in [5.74, 6) is 0. The van der Waals surface area contributed by atoms with Crippen LogP contribution in [0.1, 0.15) is 5.56 Å². The van der Waals surface area contributed by atoms with Crippen molar-refractivity contribution in [1.29, 1.82) is 0 Å². The Balaban J connectivity index is 2.07. The third-order valence-electron chi connectivity index (χ3n) is 2.05. The van der Waals surface area contributed by atoms with Crippen molar-refractivity contribution in [2.45, 2.75) is 6.54 Å². The molecule has 0 aliphatic rings. The molecule has 0 N–H and O–H groups in total. The number of hydrogen-bond donors (Lipinski definition) is 0. The number of thiazole rings is 1. The number of halogens is 1. The van der Waals surface area contributed by atoms with Crippen molar-refractivity contribution in [3.05, 3.63) is 45.9 Å². The van der Waals surface area contributed by atoms with Gasteiger partial charge in [-0.15, -0.1) is 11.3 Å². The lowest BCUT2D eigenvalue weighted by molar-refractivity contribution is 0.913. The molecular formula is C11H11BrN2S. The van der Waals surface area contributed by atoms with Crippen LogP contribution >= 0.6 is 27.3 Å². The normalized spacial score (nSPS) is 10.3. The van der Waals surface area contributed by atoms with Crippen LogP contribution in [0.2, 0.25) is 0 Å². The summed E-state index contributed by atoms with van der Waals surface area (Å²) in [6.07, 6.45) is 0. The summed E-state index contributed by atoms with van der Waals surface area (Å²) in [5.41, 5.74) is 1.30. The molecule has 78 valence electrons. The molecule has 0 spiro atoms. The average molecular weight is 283 g/mol. The maximum atomic E-state index is 4.37. The second kappa shape index (κ2) is 4.77. The minimum atomic E-state index is 0.890. The zero-order valence-corrected chi connectivity index (χ0v) is 10.8. The lowest BCUT2D eigenvalue weighted by atomic mass is 10.2. The first-order valence-corrected chi connectivity index (χ1v) is 6.29. The Bertz CT molecular complexity index is 427. The van der Waals surface area contributed by atoms with Crippen LogP contribution in [0.5, 0.6) is 0 Å². The van der Waals surface area contributed by atoms with Gasteiger partial charge in [0, 0.05) is 19.0 Å². The molecule has 0 saturated carbocycles. The summed E-state index contributed by atoms with van der Waals surface area (Å²) in [5, 5.41) is 3.03. The summed E-state index contributed by atoms with van der Waals surface area (Å²) in [6.45, 7) is 0.890. The summed E-state index contributed by atoms with van der Waals surface area (Å²) in [7, 11) is 2.05. The number of hydrogen-bond acceptors (Lipinski definition) is 3. The number of benzene rings is 1. The van der Waals surface area contributed by atoms with Gasteiger partial charge in [-0.2, -0.15) is 0 Å². The van der Waals surface area contributed by atoms with E-state index in [1.54, 1.807) is 11.3 Å². The van der Waals surface area contributed by atoms with Crippen LogP contribution in [0, 0.1) is 0 Å². The van der Waals surface area contributed by atoms with Crippen LogP contribution in [-0.2, 0) is 6.54 Å². The highest BCUT2D eigenvalue weighted by Gasteiger charge is 2.05. The van der Waals surface area contributed by atoms with E-state index >= 15 is 0 Å². The Kier molecular flexibility index (Phi) is 3.38. The predicted molar refractivity (Wildman–Crippen MR) is 68.4 cm³/mol. The van der Waals surface area contributed by atoms with Crippen molar-refractivity contribution >= 4 is 32.4 Å². The van der Waals surface area contributed by atoms with E-state index in [0.717, 1.165) is 16.3 Å². The zero-order chi connectivity index (χ0) is 10.7. The van der Waals surface area contributed by atoms with E-state index < -0.39 is 0 Å². The molecule has 0 atom stereocenters. The minimum Gasteiger partial charge on any atom is -0.347 e. The van der Waals surface area contributed by atoms with Crippen molar-refractivity contribution in [3.63, 3.8) is 0 Å². The lowest BCUT2D eigenvalue weighted by Gasteiger charge is -2.15. The molecule has 0 unspecified atom stereocenters. The van der Waals surface area contributed by atoms with Crippen molar-refractivity contribution in [3.8, 4) is 0 Å². The van der Waals surface area contributed by atoms with Crippen LogP contribution in [0.25, 0.3) is 0 Å². The lowest BCUT2D eigenvalue weighted by Crippen LogP contribution is -2.15. The molecule has 0 fully saturated rings.